The number of thioether (sulfide) groups is 1. The van der Waals surface area contributed by atoms with E-state index in [0.29, 0.717) is 0 Å². The second-order valence-electron chi connectivity index (χ2n) is 5.52. The number of aromatic nitrogens is 2. The van der Waals surface area contributed by atoms with Gasteiger partial charge in [0.1, 0.15) is 5.82 Å². The van der Waals surface area contributed by atoms with Gasteiger partial charge in [-0.1, -0.05) is 0 Å². The molecule has 3 rings (SSSR count). The van der Waals surface area contributed by atoms with Crippen LogP contribution in [0.15, 0.2) is 6.20 Å². The van der Waals surface area contributed by atoms with Gasteiger partial charge in [-0.05, 0) is 49.5 Å². The molecular weight excluding hydrogens is 244 g/mol. The molecule has 1 saturated heterocycles. The average molecular weight is 266 g/mol. The van der Waals surface area contributed by atoms with Crippen LogP contribution in [-0.4, -0.2) is 32.8 Å². The Kier molecular flexibility index (Phi) is 3.94. The highest BCUT2D eigenvalue weighted by Crippen LogP contribution is 2.30. The molecule has 4 heteroatoms. The van der Waals surface area contributed by atoms with Crippen LogP contribution in [0.25, 0.3) is 0 Å². The van der Waals surface area contributed by atoms with E-state index in [-0.39, 0.29) is 12.6 Å². The standard InChI is InChI=1S/C14H22N2OS/c17-10-13-3-1-2-12-9-15-14(16(12)13)8-11-4-6-18-7-5-11/h9,11,13,17H,1-8,10H2. The average Bonchev–Trinajstić information content (AvgIpc) is 2.83. The van der Waals surface area contributed by atoms with Crippen LogP contribution in [-0.2, 0) is 12.8 Å². The number of rotatable bonds is 3. The molecule has 0 amide bonds. The van der Waals surface area contributed by atoms with Crippen LogP contribution < -0.4 is 0 Å². The molecule has 1 aromatic heterocycles. The van der Waals surface area contributed by atoms with Gasteiger partial charge in [-0.25, -0.2) is 4.98 Å². The molecule has 2 aliphatic rings. The van der Waals surface area contributed by atoms with Gasteiger partial charge in [-0.3, -0.25) is 0 Å². The van der Waals surface area contributed by atoms with Gasteiger partial charge in [-0.15, -0.1) is 0 Å². The van der Waals surface area contributed by atoms with Crippen LogP contribution >= 0.6 is 11.8 Å². The predicted octanol–water partition coefficient (Wildman–Crippen LogP) is 2.44. The quantitative estimate of drug-likeness (QED) is 0.913. The Morgan fingerprint density at radius 1 is 1.33 bits per heavy atom. The van der Waals surface area contributed by atoms with Gasteiger partial charge in [0.2, 0.25) is 0 Å². The Morgan fingerprint density at radius 2 is 2.17 bits per heavy atom. The molecule has 1 N–H and O–H groups in total. The molecule has 0 saturated carbocycles. The summed E-state index contributed by atoms with van der Waals surface area (Å²) in [6, 6.07) is 0.282. The van der Waals surface area contributed by atoms with Crippen LogP contribution in [0.1, 0.15) is 43.2 Å². The fourth-order valence-corrected chi connectivity index (χ4v) is 4.45. The summed E-state index contributed by atoms with van der Waals surface area (Å²) in [6.07, 6.45) is 9.23. The van der Waals surface area contributed by atoms with Crippen molar-refractivity contribution in [3.63, 3.8) is 0 Å². The Balaban J connectivity index is 1.77. The fraction of sp³-hybridized carbons (Fsp3) is 0.786. The van der Waals surface area contributed by atoms with Crippen molar-refractivity contribution >= 4 is 11.8 Å². The van der Waals surface area contributed by atoms with E-state index in [9.17, 15) is 5.11 Å². The van der Waals surface area contributed by atoms with Crippen molar-refractivity contribution in [2.45, 2.75) is 44.6 Å². The monoisotopic (exact) mass is 266 g/mol. The van der Waals surface area contributed by atoms with Gasteiger partial charge < -0.3 is 9.67 Å². The van der Waals surface area contributed by atoms with Gasteiger partial charge in [0.15, 0.2) is 0 Å². The normalized spacial score (nSPS) is 25.1. The van der Waals surface area contributed by atoms with Crippen LogP contribution in [0.4, 0.5) is 0 Å². The zero-order valence-corrected chi connectivity index (χ0v) is 11.7. The van der Waals surface area contributed by atoms with Crippen molar-refractivity contribution in [3.8, 4) is 0 Å². The first-order valence-corrected chi connectivity index (χ1v) is 8.27. The van der Waals surface area contributed by atoms with E-state index >= 15 is 0 Å². The SMILES string of the molecule is OCC1CCCc2cnc(CC3CCSCC3)n21. The van der Waals surface area contributed by atoms with Crippen molar-refractivity contribution in [2.24, 2.45) is 5.92 Å². The van der Waals surface area contributed by atoms with Crippen molar-refractivity contribution in [3.05, 3.63) is 17.7 Å². The fourth-order valence-electron chi connectivity index (χ4n) is 3.25. The van der Waals surface area contributed by atoms with Crippen molar-refractivity contribution < 1.29 is 5.11 Å². The Hall–Kier alpha value is -0.480. The smallest absolute Gasteiger partial charge is 0.109 e. The summed E-state index contributed by atoms with van der Waals surface area (Å²) in [4.78, 5) is 4.64. The molecule has 2 aliphatic heterocycles. The highest BCUT2D eigenvalue weighted by Gasteiger charge is 2.24. The molecule has 1 fully saturated rings. The second-order valence-corrected chi connectivity index (χ2v) is 6.75. The minimum atomic E-state index is 0.261. The first kappa shape index (κ1) is 12.5. The maximum absolute atomic E-state index is 9.53. The summed E-state index contributed by atoms with van der Waals surface area (Å²) < 4.78 is 2.34. The summed E-state index contributed by atoms with van der Waals surface area (Å²) in [5.41, 5.74) is 1.33. The third-order valence-corrected chi connectivity index (χ3v) is 5.36. The number of nitrogens with zero attached hydrogens (tertiary/aromatic N) is 2. The molecule has 100 valence electrons. The number of hydrogen-bond acceptors (Lipinski definition) is 3. The Morgan fingerprint density at radius 3 is 2.94 bits per heavy atom. The largest absolute Gasteiger partial charge is 0.394 e. The lowest BCUT2D eigenvalue weighted by atomic mass is 9.97. The Bertz CT molecular complexity index is 398. The third kappa shape index (κ3) is 2.45. The highest BCUT2D eigenvalue weighted by atomic mass is 32.2. The maximum atomic E-state index is 9.53. The molecule has 1 atom stereocenters. The predicted molar refractivity (Wildman–Crippen MR) is 75.0 cm³/mol. The number of imidazole rings is 1. The number of hydrogen-bond donors (Lipinski definition) is 1. The lowest BCUT2D eigenvalue weighted by Gasteiger charge is -2.27. The molecule has 0 aliphatic carbocycles. The van der Waals surface area contributed by atoms with Crippen molar-refractivity contribution in [1.82, 2.24) is 9.55 Å². The zero-order chi connectivity index (χ0) is 12.4. The van der Waals surface area contributed by atoms with E-state index in [1.807, 2.05) is 6.20 Å². The van der Waals surface area contributed by atoms with Gasteiger partial charge in [0, 0.05) is 18.3 Å². The zero-order valence-electron chi connectivity index (χ0n) is 10.8. The van der Waals surface area contributed by atoms with Crippen LogP contribution in [0.3, 0.4) is 0 Å². The minimum absolute atomic E-state index is 0.261. The number of aliphatic hydroxyl groups excluding tert-OH is 1. The van der Waals surface area contributed by atoms with Crippen LogP contribution in [0.5, 0.6) is 0 Å². The third-order valence-electron chi connectivity index (χ3n) is 4.31. The lowest BCUT2D eigenvalue weighted by Crippen LogP contribution is -2.24. The molecule has 0 spiro atoms. The highest BCUT2D eigenvalue weighted by molar-refractivity contribution is 7.99. The Labute approximate surface area is 113 Å². The lowest BCUT2D eigenvalue weighted by molar-refractivity contribution is 0.203. The first-order valence-electron chi connectivity index (χ1n) is 7.12. The molecule has 0 radical (unpaired) electrons. The van der Waals surface area contributed by atoms with E-state index < -0.39 is 0 Å². The van der Waals surface area contributed by atoms with E-state index in [1.165, 1.54) is 42.3 Å². The molecular formula is C14H22N2OS. The second kappa shape index (κ2) is 5.66. The van der Waals surface area contributed by atoms with Gasteiger partial charge in [-0.2, -0.15) is 11.8 Å². The summed E-state index contributed by atoms with van der Waals surface area (Å²) in [7, 11) is 0. The first-order chi connectivity index (χ1) is 8.88. The van der Waals surface area contributed by atoms with Crippen molar-refractivity contribution in [2.75, 3.05) is 18.1 Å². The number of aliphatic hydroxyl groups is 1. The summed E-state index contributed by atoms with van der Waals surface area (Å²) >= 11 is 2.08. The molecule has 18 heavy (non-hydrogen) atoms. The van der Waals surface area contributed by atoms with E-state index in [1.54, 1.807) is 0 Å². The summed E-state index contributed by atoms with van der Waals surface area (Å²) in [5, 5.41) is 9.53. The van der Waals surface area contributed by atoms with Crippen molar-refractivity contribution in [1.29, 1.82) is 0 Å². The summed E-state index contributed by atoms with van der Waals surface area (Å²) in [5.74, 6) is 4.64. The van der Waals surface area contributed by atoms with Crippen LogP contribution in [0, 0.1) is 5.92 Å². The minimum Gasteiger partial charge on any atom is -0.394 e. The summed E-state index contributed by atoms with van der Waals surface area (Å²) in [6.45, 7) is 0.261. The van der Waals surface area contributed by atoms with Gasteiger partial charge in [0.25, 0.3) is 0 Å². The van der Waals surface area contributed by atoms with E-state index in [4.69, 9.17) is 0 Å². The number of aryl methyl sites for hydroxylation is 1. The molecule has 0 bridgehead atoms. The molecule has 3 heterocycles. The molecule has 0 aromatic carbocycles. The van der Waals surface area contributed by atoms with Gasteiger partial charge in [0.05, 0.1) is 12.6 Å². The number of fused-ring (bicyclic) bond motifs is 1. The maximum Gasteiger partial charge on any atom is 0.109 e. The topological polar surface area (TPSA) is 38.1 Å². The molecule has 1 unspecified atom stereocenters. The van der Waals surface area contributed by atoms with E-state index in [2.05, 4.69) is 21.3 Å². The molecule has 1 aromatic rings. The van der Waals surface area contributed by atoms with Gasteiger partial charge >= 0.3 is 0 Å². The van der Waals surface area contributed by atoms with E-state index in [0.717, 1.165) is 25.2 Å². The molecule has 3 nitrogen and oxygen atoms in total. The van der Waals surface area contributed by atoms with Crippen LogP contribution in [0.2, 0.25) is 0 Å².